The molecule has 102 valence electrons. The SMILES string of the molecule is CCOc1c(Br)cc(Cl)cc1NC(C)C(C)CC. The summed E-state index contributed by atoms with van der Waals surface area (Å²) in [5.74, 6) is 1.43. The lowest BCUT2D eigenvalue weighted by atomic mass is 10.0. The van der Waals surface area contributed by atoms with E-state index in [4.69, 9.17) is 16.3 Å². The predicted molar refractivity (Wildman–Crippen MR) is 82.9 cm³/mol. The van der Waals surface area contributed by atoms with Crippen molar-refractivity contribution in [3.63, 3.8) is 0 Å². The summed E-state index contributed by atoms with van der Waals surface area (Å²) in [5.41, 5.74) is 0.948. The summed E-state index contributed by atoms with van der Waals surface area (Å²) in [6.07, 6.45) is 1.14. The maximum atomic E-state index is 6.09. The van der Waals surface area contributed by atoms with Gasteiger partial charge in [-0.25, -0.2) is 0 Å². The maximum Gasteiger partial charge on any atom is 0.156 e. The first kappa shape index (κ1) is 15.6. The molecule has 2 nitrogen and oxygen atoms in total. The number of anilines is 1. The minimum Gasteiger partial charge on any atom is -0.491 e. The van der Waals surface area contributed by atoms with Crippen LogP contribution in [0.2, 0.25) is 5.02 Å². The molecule has 0 bridgehead atoms. The van der Waals surface area contributed by atoms with Crippen LogP contribution in [-0.4, -0.2) is 12.6 Å². The zero-order valence-electron chi connectivity index (χ0n) is 11.4. The standard InChI is InChI=1S/C14H21BrClNO/c1-5-9(3)10(4)17-13-8-11(16)7-12(15)14(13)18-6-2/h7-10,17H,5-6H2,1-4H3. The number of nitrogens with one attached hydrogen (secondary N) is 1. The van der Waals surface area contributed by atoms with E-state index in [9.17, 15) is 0 Å². The van der Waals surface area contributed by atoms with Crippen molar-refractivity contribution in [1.82, 2.24) is 0 Å². The molecule has 0 amide bonds. The van der Waals surface area contributed by atoms with Gasteiger partial charge < -0.3 is 10.1 Å². The number of ether oxygens (including phenoxy) is 1. The molecule has 1 rings (SSSR count). The van der Waals surface area contributed by atoms with E-state index >= 15 is 0 Å². The molecule has 0 heterocycles. The molecule has 2 atom stereocenters. The molecule has 0 spiro atoms. The van der Waals surface area contributed by atoms with Crippen LogP contribution in [0, 0.1) is 5.92 Å². The van der Waals surface area contributed by atoms with E-state index < -0.39 is 0 Å². The normalized spacial score (nSPS) is 14.1. The van der Waals surface area contributed by atoms with Crippen molar-refractivity contribution in [2.45, 2.75) is 40.2 Å². The Morgan fingerprint density at radius 2 is 2.00 bits per heavy atom. The number of hydrogen-bond acceptors (Lipinski definition) is 2. The first-order valence-corrected chi connectivity index (χ1v) is 7.55. The van der Waals surface area contributed by atoms with Crippen molar-refractivity contribution in [2.75, 3.05) is 11.9 Å². The second-order valence-corrected chi connectivity index (χ2v) is 5.81. The quantitative estimate of drug-likeness (QED) is 0.757. The van der Waals surface area contributed by atoms with Gasteiger partial charge in [0.25, 0.3) is 0 Å². The van der Waals surface area contributed by atoms with E-state index in [1.807, 2.05) is 19.1 Å². The van der Waals surface area contributed by atoms with E-state index in [-0.39, 0.29) is 0 Å². The zero-order chi connectivity index (χ0) is 13.7. The summed E-state index contributed by atoms with van der Waals surface area (Å²) in [7, 11) is 0. The van der Waals surface area contributed by atoms with Crippen LogP contribution < -0.4 is 10.1 Å². The first-order valence-electron chi connectivity index (χ1n) is 6.37. The third-order valence-electron chi connectivity index (χ3n) is 3.18. The molecule has 0 aromatic heterocycles. The molecule has 0 aliphatic rings. The molecule has 1 aromatic carbocycles. The molecular formula is C14H21BrClNO. The summed E-state index contributed by atoms with van der Waals surface area (Å²) >= 11 is 9.59. The Bertz CT molecular complexity index is 398. The average molecular weight is 335 g/mol. The van der Waals surface area contributed by atoms with Gasteiger partial charge in [-0.1, -0.05) is 31.9 Å². The van der Waals surface area contributed by atoms with Crippen LogP contribution in [0.15, 0.2) is 16.6 Å². The van der Waals surface area contributed by atoms with Crippen LogP contribution in [0.5, 0.6) is 5.75 Å². The highest BCUT2D eigenvalue weighted by atomic mass is 79.9. The van der Waals surface area contributed by atoms with Gasteiger partial charge in [0.2, 0.25) is 0 Å². The molecule has 18 heavy (non-hydrogen) atoms. The summed E-state index contributed by atoms with van der Waals surface area (Å²) in [4.78, 5) is 0. The number of rotatable bonds is 6. The molecule has 4 heteroatoms. The van der Waals surface area contributed by atoms with E-state index in [2.05, 4.69) is 42.0 Å². The topological polar surface area (TPSA) is 21.3 Å². The Hall–Kier alpha value is -0.410. The van der Waals surface area contributed by atoms with Crippen molar-refractivity contribution >= 4 is 33.2 Å². The van der Waals surface area contributed by atoms with Crippen LogP contribution in [0.4, 0.5) is 5.69 Å². The van der Waals surface area contributed by atoms with Gasteiger partial charge in [0.1, 0.15) is 0 Å². The van der Waals surface area contributed by atoms with Crippen LogP contribution >= 0.6 is 27.5 Å². The lowest BCUT2D eigenvalue weighted by Crippen LogP contribution is -2.23. The summed E-state index contributed by atoms with van der Waals surface area (Å²) in [6.45, 7) is 9.21. The first-order chi connectivity index (χ1) is 8.49. The summed E-state index contributed by atoms with van der Waals surface area (Å²) in [5, 5.41) is 4.19. The molecule has 0 saturated heterocycles. The van der Waals surface area contributed by atoms with E-state index in [0.29, 0.717) is 23.6 Å². The summed E-state index contributed by atoms with van der Waals surface area (Å²) < 4.78 is 6.55. The third kappa shape index (κ3) is 4.06. The van der Waals surface area contributed by atoms with Crippen LogP contribution in [0.25, 0.3) is 0 Å². The van der Waals surface area contributed by atoms with Gasteiger partial charge >= 0.3 is 0 Å². The van der Waals surface area contributed by atoms with Gasteiger partial charge in [-0.15, -0.1) is 0 Å². The van der Waals surface area contributed by atoms with E-state index in [0.717, 1.165) is 22.3 Å². The molecule has 0 saturated carbocycles. The molecule has 1 aromatic rings. The maximum absolute atomic E-state index is 6.09. The smallest absolute Gasteiger partial charge is 0.156 e. The lowest BCUT2D eigenvalue weighted by molar-refractivity contribution is 0.339. The zero-order valence-corrected chi connectivity index (χ0v) is 13.7. The monoisotopic (exact) mass is 333 g/mol. The second-order valence-electron chi connectivity index (χ2n) is 4.52. The van der Waals surface area contributed by atoms with Crippen molar-refractivity contribution in [1.29, 1.82) is 0 Å². The highest BCUT2D eigenvalue weighted by Crippen LogP contribution is 2.37. The van der Waals surface area contributed by atoms with E-state index in [1.54, 1.807) is 0 Å². The van der Waals surface area contributed by atoms with Crippen molar-refractivity contribution in [3.8, 4) is 5.75 Å². The Morgan fingerprint density at radius 1 is 1.33 bits per heavy atom. The highest BCUT2D eigenvalue weighted by molar-refractivity contribution is 9.10. The fraction of sp³-hybridized carbons (Fsp3) is 0.571. The minimum absolute atomic E-state index is 0.375. The molecule has 1 N–H and O–H groups in total. The third-order valence-corrected chi connectivity index (χ3v) is 3.98. The fourth-order valence-electron chi connectivity index (χ4n) is 1.70. The van der Waals surface area contributed by atoms with Gasteiger partial charge in [-0.2, -0.15) is 0 Å². The van der Waals surface area contributed by atoms with Crippen LogP contribution in [-0.2, 0) is 0 Å². The van der Waals surface area contributed by atoms with E-state index in [1.165, 1.54) is 0 Å². The molecule has 0 radical (unpaired) electrons. The van der Waals surface area contributed by atoms with Gasteiger partial charge in [0.05, 0.1) is 16.8 Å². The molecule has 2 unspecified atom stereocenters. The largest absolute Gasteiger partial charge is 0.491 e. The van der Waals surface area contributed by atoms with Crippen molar-refractivity contribution in [3.05, 3.63) is 21.6 Å². The fourth-order valence-corrected chi connectivity index (χ4v) is 2.62. The summed E-state index contributed by atoms with van der Waals surface area (Å²) in [6, 6.07) is 4.14. The Balaban J connectivity index is 2.98. The van der Waals surface area contributed by atoms with Crippen LogP contribution in [0.1, 0.15) is 34.1 Å². The second kappa shape index (κ2) is 7.25. The van der Waals surface area contributed by atoms with Crippen molar-refractivity contribution < 1.29 is 4.74 Å². The van der Waals surface area contributed by atoms with Crippen molar-refractivity contribution in [2.24, 2.45) is 5.92 Å². The highest BCUT2D eigenvalue weighted by Gasteiger charge is 2.15. The number of benzene rings is 1. The molecular weight excluding hydrogens is 314 g/mol. The molecule has 0 aliphatic heterocycles. The Kier molecular flexibility index (Phi) is 6.30. The van der Waals surface area contributed by atoms with Gasteiger partial charge in [-0.3, -0.25) is 0 Å². The number of hydrogen-bond donors (Lipinski definition) is 1. The van der Waals surface area contributed by atoms with Gasteiger partial charge in [0, 0.05) is 11.1 Å². The Labute approximate surface area is 123 Å². The Morgan fingerprint density at radius 3 is 2.56 bits per heavy atom. The molecule has 0 aliphatic carbocycles. The van der Waals surface area contributed by atoms with Gasteiger partial charge in [0.15, 0.2) is 5.75 Å². The van der Waals surface area contributed by atoms with Gasteiger partial charge in [-0.05, 0) is 47.8 Å². The average Bonchev–Trinajstić information content (AvgIpc) is 2.32. The minimum atomic E-state index is 0.375. The number of halogens is 2. The predicted octanol–water partition coefficient (Wildman–Crippen LogP) is 5.35. The lowest BCUT2D eigenvalue weighted by Gasteiger charge is -2.23. The molecule has 0 fully saturated rings. The van der Waals surface area contributed by atoms with Crippen LogP contribution in [0.3, 0.4) is 0 Å².